The first-order valence-electron chi connectivity index (χ1n) is 9.55. The number of rotatable bonds is 4. The van der Waals surface area contributed by atoms with E-state index in [2.05, 4.69) is 34.3 Å². The van der Waals surface area contributed by atoms with E-state index >= 15 is 0 Å². The van der Waals surface area contributed by atoms with E-state index in [1.807, 2.05) is 30.3 Å². The van der Waals surface area contributed by atoms with Gasteiger partial charge in [0.2, 0.25) is 5.95 Å². The number of carbonyl (C=O) groups is 1. The van der Waals surface area contributed by atoms with Crippen LogP contribution in [0.15, 0.2) is 47.5 Å². The molecule has 0 saturated heterocycles. The highest BCUT2D eigenvalue weighted by Gasteiger charge is 2.24. The Morgan fingerprint density at radius 3 is 2.82 bits per heavy atom. The Morgan fingerprint density at radius 2 is 2.07 bits per heavy atom. The maximum absolute atomic E-state index is 12.8. The van der Waals surface area contributed by atoms with Crippen molar-refractivity contribution in [1.29, 1.82) is 0 Å². The molecule has 1 aliphatic carbocycles. The number of hydrogen-bond donors (Lipinski definition) is 2. The molecule has 2 aromatic heterocycles. The molecule has 0 spiro atoms. The van der Waals surface area contributed by atoms with Gasteiger partial charge in [-0.2, -0.15) is 0 Å². The first-order valence-corrected chi connectivity index (χ1v) is 9.55. The molecule has 28 heavy (non-hydrogen) atoms. The van der Waals surface area contributed by atoms with Gasteiger partial charge >= 0.3 is 0 Å². The lowest BCUT2D eigenvalue weighted by molar-refractivity contribution is 0.102. The van der Waals surface area contributed by atoms with Crippen LogP contribution in [0, 0.1) is 11.8 Å². The van der Waals surface area contributed by atoms with E-state index in [9.17, 15) is 9.59 Å². The van der Waals surface area contributed by atoms with E-state index in [4.69, 9.17) is 0 Å². The lowest BCUT2D eigenvalue weighted by atomic mass is 9.80. The molecule has 0 fully saturated rings. The Labute approximate surface area is 162 Å². The van der Waals surface area contributed by atoms with Crippen LogP contribution in [0.1, 0.15) is 41.9 Å². The van der Waals surface area contributed by atoms with Crippen molar-refractivity contribution in [3.8, 4) is 5.69 Å². The Hall–Kier alpha value is -3.22. The van der Waals surface area contributed by atoms with Crippen molar-refractivity contribution in [3.63, 3.8) is 0 Å². The predicted octanol–water partition coefficient (Wildman–Crippen LogP) is 2.97. The molecular weight excluding hydrogens is 354 g/mol. The van der Waals surface area contributed by atoms with E-state index in [1.165, 1.54) is 6.33 Å². The highest BCUT2D eigenvalue weighted by atomic mass is 16.2. The molecule has 1 aliphatic rings. The molecule has 1 aromatic carbocycles. The van der Waals surface area contributed by atoms with Gasteiger partial charge in [-0.15, -0.1) is 10.2 Å². The number of nitrogens with zero attached hydrogens (tertiary/aromatic N) is 3. The Kier molecular flexibility index (Phi) is 4.81. The van der Waals surface area contributed by atoms with Gasteiger partial charge in [0.05, 0.1) is 5.69 Å². The molecule has 7 nitrogen and oxygen atoms in total. The van der Waals surface area contributed by atoms with Crippen LogP contribution in [0.25, 0.3) is 5.69 Å². The van der Waals surface area contributed by atoms with Crippen LogP contribution in [0.5, 0.6) is 0 Å². The average molecular weight is 377 g/mol. The van der Waals surface area contributed by atoms with E-state index in [1.54, 1.807) is 10.6 Å². The van der Waals surface area contributed by atoms with Crippen LogP contribution in [0.3, 0.4) is 0 Å². The number of aryl methyl sites for hydroxylation is 1. The SMILES string of the molecule is CC(C)C1CCc2[nH]c(=O)c(C(=O)Nc3nncn3-c3ccccc3)cc2C1. The third-order valence-corrected chi connectivity index (χ3v) is 5.46. The standard InChI is InChI=1S/C21H23N5O2/c1-13(2)14-8-9-18-15(10-14)11-17(19(27)23-18)20(28)24-21-25-22-12-26(21)16-6-4-3-5-7-16/h3-7,11-14H,8-10H2,1-2H3,(H,23,27)(H,24,25,28). The summed E-state index contributed by atoms with van der Waals surface area (Å²) in [5, 5.41) is 10.6. The molecule has 2 N–H and O–H groups in total. The molecule has 0 aliphatic heterocycles. The maximum atomic E-state index is 12.8. The quantitative estimate of drug-likeness (QED) is 0.731. The van der Waals surface area contributed by atoms with Gasteiger partial charge < -0.3 is 4.98 Å². The minimum Gasteiger partial charge on any atom is -0.325 e. The molecular formula is C21H23N5O2. The second-order valence-electron chi connectivity index (χ2n) is 7.58. The summed E-state index contributed by atoms with van der Waals surface area (Å²) < 4.78 is 1.67. The van der Waals surface area contributed by atoms with Crippen LogP contribution >= 0.6 is 0 Å². The molecule has 0 bridgehead atoms. The van der Waals surface area contributed by atoms with Crippen molar-refractivity contribution >= 4 is 11.9 Å². The monoisotopic (exact) mass is 377 g/mol. The van der Waals surface area contributed by atoms with E-state index in [0.29, 0.717) is 11.8 Å². The summed E-state index contributed by atoms with van der Waals surface area (Å²) in [5.41, 5.74) is 2.56. The number of nitrogens with one attached hydrogen (secondary N) is 2. The summed E-state index contributed by atoms with van der Waals surface area (Å²) in [7, 11) is 0. The van der Waals surface area contributed by atoms with Crippen LogP contribution in [-0.4, -0.2) is 25.7 Å². The first-order chi connectivity index (χ1) is 13.5. The summed E-state index contributed by atoms with van der Waals surface area (Å²) in [4.78, 5) is 28.2. The zero-order valence-corrected chi connectivity index (χ0v) is 16.0. The summed E-state index contributed by atoms with van der Waals surface area (Å²) in [6.45, 7) is 4.43. The van der Waals surface area contributed by atoms with Gasteiger partial charge in [-0.25, -0.2) is 0 Å². The van der Waals surface area contributed by atoms with Crippen molar-refractivity contribution in [2.24, 2.45) is 11.8 Å². The number of aromatic nitrogens is 4. The summed E-state index contributed by atoms with van der Waals surface area (Å²) >= 11 is 0. The van der Waals surface area contributed by atoms with Gasteiger partial charge in [-0.1, -0.05) is 32.0 Å². The number of pyridine rings is 1. The van der Waals surface area contributed by atoms with Crippen LogP contribution in [0.2, 0.25) is 0 Å². The summed E-state index contributed by atoms with van der Waals surface area (Å²) in [5.74, 6) is 0.923. The number of aromatic amines is 1. The van der Waals surface area contributed by atoms with Gasteiger partial charge in [-0.05, 0) is 54.9 Å². The zero-order valence-electron chi connectivity index (χ0n) is 16.0. The largest absolute Gasteiger partial charge is 0.325 e. The molecule has 0 radical (unpaired) electrons. The van der Waals surface area contributed by atoms with Crippen molar-refractivity contribution in [1.82, 2.24) is 19.7 Å². The highest BCUT2D eigenvalue weighted by Crippen LogP contribution is 2.29. The molecule has 1 amide bonds. The third-order valence-electron chi connectivity index (χ3n) is 5.46. The number of hydrogen-bond acceptors (Lipinski definition) is 4. The second kappa shape index (κ2) is 7.42. The minimum atomic E-state index is -0.485. The number of para-hydroxylation sites is 1. The predicted molar refractivity (Wildman–Crippen MR) is 107 cm³/mol. The van der Waals surface area contributed by atoms with E-state index in [-0.39, 0.29) is 17.1 Å². The van der Waals surface area contributed by atoms with Crippen LogP contribution < -0.4 is 10.9 Å². The fourth-order valence-corrected chi connectivity index (χ4v) is 3.74. The summed E-state index contributed by atoms with van der Waals surface area (Å²) in [6, 6.07) is 11.2. The zero-order chi connectivity index (χ0) is 19.7. The number of amides is 1. The van der Waals surface area contributed by atoms with Crippen molar-refractivity contribution in [2.75, 3.05) is 5.32 Å². The molecule has 2 heterocycles. The molecule has 7 heteroatoms. The fraction of sp³-hybridized carbons (Fsp3) is 0.333. The van der Waals surface area contributed by atoms with E-state index in [0.717, 1.165) is 36.2 Å². The average Bonchev–Trinajstić information content (AvgIpc) is 3.15. The van der Waals surface area contributed by atoms with Crippen LogP contribution in [-0.2, 0) is 12.8 Å². The molecule has 144 valence electrons. The molecule has 1 unspecified atom stereocenters. The lowest BCUT2D eigenvalue weighted by Crippen LogP contribution is -2.29. The van der Waals surface area contributed by atoms with Gasteiger partial charge in [0.15, 0.2) is 0 Å². The Bertz CT molecular complexity index is 1050. The van der Waals surface area contributed by atoms with Crippen molar-refractivity contribution < 1.29 is 4.79 Å². The van der Waals surface area contributed by atoms with Crippen molar-refractivity contribution in [3.05, 3.63) is 69.9 Å². The smallest absolute Gasteiger partial charge is 0.263 e. The van der Waals surface area contributed by atoms with Gasteiger partial charge in [0.1, 0.15) is 11.9 Å². The number of fused-ring (bicyclic) bond motifs is 1. The third kappa shape index (κ3) is 3.47. The number of H-pyrrole nitrogens is 1. The molecule has 0 saturated carbocycles. The van der Waals surface area contributed by atoms with Crippen LogP contribution in [0.4, 0.5) is 5.95 Å². The maximum Gasteiger partial charge on any atom is 0.263 e. The normalized spacial score (nSPS) is 16.0. The number of carbonyl (C=O) groups excluding carboxylic acids is 1. The minimum absolute atomic E-state index is 0.103. The Morgan fingerprint density at radius 1 is 1.29 bits per heavy atom. The topological polar surface area (TPSA) is 92.7 Å². The molecule has 4 rings (SSSR count). The first kappa shape index (κ1) is 18.2. The second-order valence-corrected chi connectivity index (χ2v) is 7.58. The van der Waals surface area contributed by atoms with Gasteiger partial charge in [0, 0.05) is 5.69 Å². The highest BCUT2D eigenvalue weighted by molar-refractivity contribution is 6.03. The number of anilines is 1. The lowest BCUT2D eigenvalue weighted by Gasteiger charge is -2.27. The summed E-state index contributed by atoms with van der Waals surface area (Å²) in [6.07, 6.45) is 4.31. The number of benzene rings is 1. The fourth-order valence-electron chi connectivity index (χ4n) is 3.74. The van der Waals surface area contributed by atoms with Crippen molar-refractivity contribution in [2.45, 2.75) is 33.1 Å². The Balaban J connectivity index is 1.61. The molecule has 3 aromatic rings. The van der Waals surface area contributed by atoms with Gasteiger partial charge in [-0.3, -0.25) is 19.5 Å². The molecule has 1 atom stereocenters. The van der Waals surface area contributed by atoms with Gasteiger partial charge in [0.25, 0.3) is 11.5 Å². The van der Waals surface area contributed by atoms with E-state index < -0.39 is 5.91 Å².